The summed E-state index contributed by atoms with van der Waals surface area (Å²) in [6.07, 6.45) is 0.134. The van der Waals surface area contributed by atoms with Crippen LogP contribution in [0.25, 0.3) is 0 Å². The number of hydrogen-bond donors (Lipinski definition) is 3. The Morgan fingerprint density at radius 2 is 1.94 bits per heavy atom. The maximum Gasteiger partial charge on any atom is 0.391 e. The van der Waals surface area contributed by atoms with Crippen LogP contribution in [0.2, 0.25) is 0 Å². The second-order valence-corrected chi connectivity index (χ2v) is 7.04. The van der Waals surface area contributed by atoms with Gasteiger partial charge in [-0.3, -0.25) is 0 Å². The zero-order valence-corrected chi connectivity index (χ0v) is 11.1. The minimum Gasteiger partial charge on any atom is -0.761 e. The van der Waals surface area contributed by atoms with Crippen molar-refractivity contribution < 1.29 is 22.4 Å². The van der Waals surface area contributed by atoms with E-state index in [0.717, 1.165) is 6.26 Å². The Bertz CT molecular complexity index is 543. The molecule has 1 aromatic rings. The van der Waals surface area contributed by atoms with E-state index in [2.05, 4.69) is 0 Å². The summed E-state index contributed by atoms with van der Waals surface area (Å²) in [4.78, 5) is 9.39. The molecule has 0 aliphatic heterocycles. The lowest BCUT2D eigenvalue weighted by atomic mass is 10.3. The number of anilines is 1. The third kappa shape index (κ3) is 5.48. The molecular weight excluding hydrogens is 283 g/mol. The van der Waals surface area contributed by atoms with Crippen LogP contribution in [0.15, 0.2) is 24.3 Å². The van der Waals surface area contributed by atoms with Gasteiger partial charge in [-0.25, -0.2) is 17.7 Å². The topological polar surface area (TPSA) is 128 Å². The summed E-state index contributed by atoms with van der Waals surface area (Å²) in [7, 11) is -7.70. The summed E-state index contributed by atoms with van der Waals surface area (Å²) in [6, 6.07) is 5.33. The van der Waals surface area contributed by atoms with Crippen molar-refractivity contribution in [2.75, 3.05) is 18.0 Å². The molecular formula is C8H12N2O6PS-. The number of rotatable bonds is 6. The molecule has 0 aliphatic carbocycles. The summed E-state index contributed by atoms with van der Waals surface area (Å²) in [5.74, 6) is 0.0511. The highest BCUT2D eigenvalue weighted by molar-refractivity contribution is 7.89. The molecule has 0 radical (unpaired) electrons. The molecule has 0 saturated carbocycles. The van der Waals surface area contributed by atoms with Crippen LogP contribution >= 0.6 is 7.60 Å². The van der Waals surface area contributed by atoms with Gasteiger partial charge in [0.05, 0.1) is 6.26 Å². The second kappa shape index (κ2) is 5.68. The van der Waals surface area contributed by atoms with Gasteiger partial charge < -0.3 is 20.1 Å². The first-order valence-corrected chi connectivity index (χ1v) is 8.31. The normalized spacial score (nSPS) is 14.8. The molecule has 0 amide bonds. The third-order valence-corrected chi connectivity index (χ3v) is 3.68. The first kappa shape index (κ1) is 14.9. The molecule has 3 N–H and O–H groups in total. The largest absolute Gasteiger partial charge is 0.761 e. The van der Waals surface area contributed by atoms with Gasteiger partial charge in [0.15, 0.2) is 0 Å². The summed E-state index contributed by atoms with van der Waals surface area (Å²) in [5.41, 5.74) is 1.90. The highest BCUT2D eigenvalue weighted by Gasteiger charge is 2.22. The van der Waals surface area contributed by atoms with E-state index in [1.165, 1.54) is 24.3 Å². The average molecular weight is 295 g/mol. The molecule has 0 heterocycles. The molecule has 0 fully saturated rings. The Morgan fingerprint density at radius 3 is 2.39 bits per heavy atom. The minimum atomic E-state index is -4.12. The maximum absolute atomic E-state index is 11.5. The van der Waals surface area contributed by atoms with Gasteiger partial charge in [0, 0.05) is 5.69 Å². The van der Waals surface area contributed by atoms with Crippen molar-refractivity contribution in [1.29, 1.82) is 0 Å². The van der Waals surface area contributed by atoms with Crippen LogP contribution in [-0.4, -0.2) is 25.9 Å². The molecule has 102 valence electrons. The predicted molar refractivity (Wildman–Crippen MR) is 66.7 cm³/mol. The van der Waals surface area contributed by atoms with Crippen LogP contribution in [0.1, 0.15) is 0 Å². The van der Waals surface area contributed by atoms with Gasteiger partial charge in [-0.2, -0.15) is 0 Å². The van der Waals surface area contributed by atoms with Crippen LogP contribution in [0.5, 0.6) is 5.75 Å². The highest BCUT2D eigenvalue weighted by atomic mass is 32.2. The van der Waals surface area contributed by atoms with E-state index in [1.54, 1.807) is 5.48 Å². The third-order valence-electron chi connectivity index (χ3n) is 1.75. The second-order valence-electron chi connectivity index (χ2n) is 3.43. The van der Waals surface area contributed by atoms with Crippen molar-refractivity contribution in [2.45, 2.75) is 0 Å². The van der Waals surface area contributed by atoms with Gasteiger partial charge >= 0.3 is 7.60 Å². The van der Waals surface area contributed by atoms with Crippen LogP contribution < -0.4 is 14.7 Å². The average Bonchev–Trinajstić information content (AvgIpc) is 2.26. The fraction of sp³-hybridized carbons (Fsp3) is 0.250. The quantitative estimate of drug-likeness (QED) is 0.519. The van der Waals surface area contributed by atoms with E-state index in [4.69, 9.17) is 4.52 Å². The van der Waals surface area contributed by atoms with Crippen molar-refractivity contribution in [2.24, 2.45) is 0 Å². The fourth-order valence-corrected chi connectivity index (χ4v) is 3.09. The minimum absolute atomic E-state index is 0.0511. The molecule has 1 unspecified atom stereocenters. The molecule has 0 bridgehead atoms. The SMILES string of the molecule is CS(=O)(=O)NCP(=O)(O)Oc1ccc(N[O-])cc1. The van der Waals surface area contributed by atoms with Crippen molar-refractivity contribution in [1.82, 2.24) is 4.72 Å². The monoisotopic (exact) mass is 295 g/mol. The zero-order chi connectivity index (χ0) is 13.8. The van der Waals surface area contributed by atoms with Crippen molar-refractivity contribution in [3.8, 4) is 5.75 Å². The van der Waals surface area contributed by atoms with Crippen molar-refractivity contribution in [3.05, 3.63) is 29.5 Å². The lowest BCUT2D eigenvalue weighted by molar-refractivity contribution is 0.378. The molecule has 1 atom stereocenters. The van der Waals surface area contributed by atoms with Crippen LogP contribution in [-0.2, 0) is 14.6 Å². The lowest BCUT2D eigenvalue weighted by Crippen LogP contribution is -2.24. The first-order chi connectivity index (χ1) is 8.22. The van der Waals surface area contributed by atoms with Gasteiger partial charge in [-0.05, 0) is 24.3 Å². The first-order valence-electron chi connectivity index (χ1n) is 4.66. The fourth-order valence-electron chi connectivity index (χ4n) is 0.980. The van der Waals surface area contributed by atoms with E-state index in [1.807, 2.05) is 4.72 Å². The Labute approximate surface area is 104 Å². The molecule has 0 aliphatic rings. The molecule has 10 heteroatoms. The molecule has 18 heavy (non-hydrogen) atoms. The predicted octanol–water partition coefficient (Wildman–Crippen LogP) is 0.667. The van der Waals surface area contributed by atoms with Gasteiger partial charge in [0.1, 0.15) is 12.0 Å². The van der Waals surface area contributed by atoms with E-state index in [9.17, 15) is 23.1 Å². The van der Waals surface area contributed by atoms with Gasteiger partial charge in [-0.15, -0.1) is 0 Å². The molecule has 1 rings (SSSR count). The van der Waals surface area contributed by atoms with E-state index >= 15 is 0 Å². The molecule has 0 spiro atoms. The molecule has 0 saturated heterocycles. The summed E-state index contributed by atoms with van der Waals surface area (Å²) < 4.78 is 39.7. The molecule has 0 aromatic heterocycles. The maximum atomic E-state index is 11.5. The van der Waals surface area contributed by atoms with Gasteiger partial charge in [0.25, 0.3) is 0 Å². The Morgan fingerprint density at radius 1 is 1.39 bits per heavy atom. The Hall–Kier alpha value is -1.12. The highest BCUT2D eigenvalue weighted by Crippen LogP contribution is 2.41. The van der Waals surface area contributed by atoms with Crippen molar-refractivity contribution >= 4 is 23.3 Å². The van der Waals surface area contributed by atoms with Gasteiger partial charge in [-0.1, -0.05) is 0 Å². The summed E-state index contributed by atoms with van der Waals surface area (Å²) in [5, 5.41) is 10.3. The zero-order valence-electron chi connectivity index (χ0n) is 9.36. The smallest absolute Gasteiger partial charge is 0.391 e. The summed E-state index contributed by atoms with van der Waals surface area (Å²) in [6.45, 7) is 0. The van der Waals surface area contributed by atoms with Crippen LogP contribution in [0.4, 0.5) is 5.69 Å². The lowest BCUT2D eigenvalue weighted by Gasteiger charge is -2.14. The van der Waals surface area contributed by atoms with Gasteiger partial charge in [0.2, 0.25) is 10.0 Å². The van der Waals surface area contributed by atoms with E-state index < -0.39 is 23.9 Å². The standard InChI is InChI=1S/C8H12N2O6PS/c1-18(14,15)9-6-17(12,13)16-8-4-2-7(10-11)3-5-8/h2-5,9-10H,6H2,1H3,(H,12,13)/q-1. The Kier molecular flexibility index (Phi) is 4.71. The van der Waals surface area contributed by atoms with Crippen LogP contribution in [0, 0.1) is 5.21 Å². The van der Waals surface area contributed by atoms with Crippen molar-refractivity contribution in [3.63, 3.8) is 0 Å². The summed E-state index contributed by atoms with van der Waals surface area (Å²) >= 11 is 0. The molecule has 1 aromatic carbocycles. The number of sulfonamides is 1. The van der Waals surface area contributed by atoms with E-state index in [-0.39, 0.29) is 11.4 Å². The van der Waals surface area contributed by atoms with Crippen LogP contribution in [0.3, 0.4) is 0 Å². The number of nitrogens with one attached hydrogen (secondary N) is 2. The van der Waals surface area contributed by atoms with E-state index in [0.29, 0.717) is 0 Å². The molecule has 8 nitrogen and oxygen atoms in total. The number of hydrogen-bond acceptors (Lipinski definition) is 6. The number of benzene rings is 1. The Balaban J connectivity index is 2.67.